The zero-order valence-corrected chi connectivity index (χ0v) is 19.6. The summed E-state index contributed by atoms with van der Waals surface area (Å²) in [6, 6.07) is 11.3. The van der Waals surface area contributed by atoms with Gasteiger partial charge in [-0.3, -0.25) is 9.10 Å². The van der Waals surface area contributed by atoms with E-state index in [1.165, 1.54) is 0 Å². The van der Waals surface area contributed by atoms with E-state index in [2.05, 4.69) is 5.32 Å². The molecule has 0 bridgehead atoms. The first-order valence-electron chi connectivity index (χ1n) is 10.1. The van der Waals surface area contributed by atoms with Gasteiger partial charge in [0, 0.05) is 12.0 Å². The largest absolute Gasteiger partial charge is 0.497 e. The summed E-state index contributed by atoms with van der Waals surface area (Å²) in [4.78, 5) is 13.2. The molecule has 2 aromatic carbocycles. The summed E-state index contributed by atoms with van der Waals surface area (Å²) in [7, 11) is -2.11. The second kappa shape index (κ2) is 8.42. The number of nitrogens with zero attached hydrogens (tertiary/aromatic N) is 1. The van der Waals surface area contributed by atoms with Crippen LogP contribution in [0.15, 0.2) is 42.5 Å². The molecule has 7 nitrogen and oxygen atoms in total. The fourth-order valence-corrected chi connectivity index (χ4v) is 5.12. The summed E-state index contributed by atoms with van der Waals surface area (Å²) in [6.45, 7) is 7.38. The molecule has 0 aromatic heterocycles. The standard InChI is InChI=1S/C23H30N2O5S/c1-15-8-7-9-17(12-15)25(31(6,27)28)16(2)22(26)24-20-14-23(3,4)30-21-11-10-18(29-5)13-19(20)21/h7-13,16,20H,14H2,1-6H3,(H,24,26)/t16-,20+/m1/s1. The summed E-state index contributed by atoms with van der Waals surface area (Å²) >= 11 is 0. The molecule has 2 aromatic rings. The van der Waals surface area contributed by atoms with Crippen LogP contribution in [0.2, 0.25) is 0 Å². The van der Waals surface area contributed by atoms with Crippen molar-refractivity contribution in [2.75, 3.05) is 17.7 Å². The molecule has 168 valence electrons. The lowest BCUT2D eigenvalue weighted by Crippen LogP contribution is -2.50. The number of hydrogen-bond acceptors (Lipinski definition) is 5. The van der Waals surface area contributed by atoms with Crippen LogP contribution in [0.3, 0.4) is 0 Å². The Bertz CT molecular complexity index is 1080. The molecule has 1 heterocycles. The first-order valence-corrected chi connectivity index (χ1v) is 12.0. The van der Waals surface area contributed by atoms with Crippen molar-refractivity contribution in [3.05, 3.63) is 53.6 Å². The van der Waals surface area contributed by atoms with Crippen molar-refractivity contribution in [2.24, 2.45) is 0 Å². The van der Waals surface area contributed by atoms with Crippen molar-refractivity contribution in [1.82, 2.24) is 5.32 Å². The molecular weight excluding hydrogens is 416 g/mol. The Hall–Kier alpha value is -2.74. The third-order valence-corrected chi connectivity index (χ3v) is 6.58. The van der Waals surface area contributed by atoms with Gasteiger partial charge in [0.2, 0.25) is 15.9 Å². The highest BCUT2D eigenvalue weighted by atomic mass is 32.2. The number of anilines is 1. The van der Waals surface area contributed by atoms with Crippen LogP contribution in [-0.4, -0.2) is 39.3 Å². The van der Waals surface area contributed by atoms with Gasteiger partial charge < -0.3 is 14.8 Å². The van der Waals surface area contributed by atoms with E-state index in [-0.39, 0.29) is 11.9 Å². The monoisotopic (exact) mass is 446 g/mol. The Labute approximate surface area is 184 Å². The number of nitrogens with one attached hydrogen (secondary N) is 1. The lowest BCUT2D eigenvalue weighted by atomic mass is 9.89. The number of carbonyl (C=O) groups excluding carboxylic acids is 1. The summed E-state index contributed by atoms with van der Waals surface area (Å²) in [5.41, 5.74) is 1.68. The maximum absolute atomic E-state index is 13.2. The maximum atomic E-state index is 13.2. The van der Waals surface area contributed by atoms with Crippen LogP contribution in [0.4, 0.5) is 5.69 Å². The molecule has 1 amide bonds. The van der Waals surface area contributed by atoms with Gasteiger partial charge in [-0.1, -0.05) is 12.1 Å². The Morgan fingerprint density at radius 2 is 1.97 bits per heavy atom. The highest BCUT2D eigenvalue weighted by molar-refractivity contribution is 7.92. The maximum Gasteiger partial charge on any atom is 0.244 e. The Kier molecular flexibility index (Phi) is 6.23. The number of ether oxygens (including phenoxy) is 2. The molecule has 0 radical (unpaired) electrons. The molecule has 0 fully saturated rings. The number of fused-ring (bicyclic) bond motifs is 1. The van der Waals surface area contributed by atoms with E-state index >= 15 is 0 Å². The molecule has 0 aliphatic carbocycles. The molecule has 0 saturated heterocycles. The van der Waals surface area contributed by atoms with Gasteiger partial charge in [0.05, 0.1) is 25.1 Å². The first-order chi connectivity index (χ1) is 14.4. The SMILES string of the molecule is COc1ccc2c(c1)[C@@H](NC(=O)[C@@H](C)N(c1cccc(C)c1)S(C)(=O)=O)CC(C)(C)O2. The molecule has 31 heavy (non-hydrogen) atoms. The topological polar surface area (TPSA) is 84.9 Å². The number of sulfonamides is 1. The molecule has 0 spiro atoms. The predicted molar refractivity (Wildman–Crippen MR) is 121 cm³/mol. The van der Waals surface area contributed by atoms with Gasteiger partial charge in [0.25, 0.3) is 0 Å². The molecule has 1 N–H and O–H groups in total. The summed E-state index contributed by atoms with van der Waals surface area (Å²) in [5.74, 6) is 0.948. The lowest BCUT2D eigenvalue weighted by Gasteiger charge is -2.39. The number of rotatable bonds is 6. The second-order valence-corrected chi connectivity index (χ2v) is 10.5. The van der Waals surface area contributed by atoms with Crippen LogP contribution in [0.5, 0.6) is 11.5 Å². The molecule has 1 aliphatic rings. The molecular formula is C23H30N2O5S. The van der Waals surface area contributed by atoms with Crippen LogP contribution >= 0.6 is 0 Å². The minimum absolute atomic E-state index is 0.345. The van der Waals surface area contributed by atoms with E-state index in [4.69, 9.17) is 9.47 Å². The fraction of sp³-hybridized carbons (Fsp3) is 0.435. The van der Waals surface area contributed by atoms with E-state index < -0.39 is 21.7 Å². The van der Waals surface area contributed by atoms with Crippen molar-refractivity contribution < 1.29 is 22.7 Å². The molecule has 0 saturated carbocycles. The number of hydrogen-bond donors (Lipinski definition) is 1. The number of aryl methyl sites for hydroxylation is 1. The predicted octanol–water partition coefficient (Wildman–Crippen LogP) is 3.58. The molecule has 3 rings (SSSR count). The Morgan fingerprint density at radius 1 is 1.26 bits per heavy atom. The zero-order valence-electron chi connectivity index (χ0n) is 18.8. The van der Waals surface area contributed by atoms with Gasteiger partial charge in [-0.25, -0.2) is 8.42 Å². The van der Waals surface area contributed by atoms with Crippen LogP contribution in [0.1, 0.15) is 44.4 Å². The van der Waals surface area contributed by atoms with Crippen molar-refractivity contribution in [1.29, 1.82) is 0 Å². The van der Waals surface area contributed by atoms with Gasteiger partial charge in [0.15, 0.2) is 0 Å². The van der Waals surface area contributed by atoms with Crippen LogP contribution in [0.25, 0.3) is 0 Å². The van der Waals surface area contributed by atoms with E-state index in [9.17, 15) is 13.2 Å². The normalized spacial score (nSPS) is 18.3. The molecule has 2 atom stereocenters. The highest BCUT2D eigenvalue weighted by Gasteiger charge is 2.37. The number of amides is 1. The summed E-state index contributed by atoms with van der Waals surface area (Å²) in [6.07, 6.45) is 1.64. The van der Waals surface area contributed by atoms with Gasteiger partial charge in [0.1, 0.15) is 23.1 Å². The van der Waals surface area contributed by atoms with Crippen molar-refractivity contribution in [3.63, 3.8) is 0 Å². The average molecular weight is 447 g/mol. The molecule has 1 aliphatic heterocycles. The van der Waals surface area contributed by atoms with Crippen LogP contribution < -0.4 is 19.1 Å². The van der Waals surface area contributed by atoms with Crippen molar-refractivity contribution >= 4 is 21.6 Å². The number of benzene rings is 2. The summed E-state index contributed by atoms with van der Waals surface area (Å²) in [5, 5.41) is 3.04. The van der Waals surface area contributed by atoms with Crippen LogP contribution in [0, 0.1) is 6.92 Å². The van der Waals surface area contributed by atoms with Crippen molar-refractivity contribution in [2.45, 2.75) is 51.8 Å². The Morgan fingerprint density at radius 3 is 2.58 bits per heavy atom. The van der Waals surface area contributed by atoms with Crippen molar-refractivity contribution in [3.8, 4) is 11.5 Å². The fourth-order valence-electron chi connectivity index (χ4n) is 3.95. The average Bonchev–Trinajstić information content (AvgIpc) is 2.66. The van der Waals surface area contributed by atoms with Gasteiger partial charge in [-0.15, -0.1) is 0 Å². The van der Waals surface area contributed by atoms with Crippen LogP contribution in [-0.2, 0) is 14.8 Å². The van der Waals surface area contributed by atoms with E-state index in [1.807, 2.05) is 45.0 Å². The highest BCUT2D eigenvalue weighted by Crippen LogP contribution is 2.41. The number of methoxy groups -OCH3 is 1. The first kappa shape index (κ1) is 22.9. The van der Waals surface area contributed by atoms with E-state index in [1.54, 1.807) is 32.2 Å². The van der Waals surface area contributed by atoms with Gasteiger partial charge >= 0.3 is 0 Å². The minimum Gasteiger partial charge on any atom is -0.497 e. The third-order valence-electron chi connectivity index (χ3n) is 5.34. The molecule has 8 heteroatoms. The van der Waals surface area contributed by atoms with Gasteiger partial charge in [-0.05, 0) is 63.6 Å². The smallest absolute Gasteiger partial charge is 0.244 e. The number of carbonyl (C=O) groups is 1. The second-order valence-electron chi connectivity index (χ2n) is 8.60. The summed E-state index contributed by atoms with van der Waals surface area (Å²) < 4.78 is 37.7. The van der Waals surface area contributed by atoms with E-state index in [0.29, 0.717) is 23.6 Å². The third kappa shape index (κ3) is 5.12. The lowest BCUT2D eigenvalue weighted by molar-refractivity contribution is -0.123. The quantitative estimate of drug-likeness (QED) is 0.733. The van der Waals surface area contributed by atoms with Gasteiger partial charge in [-0.2, -0.15) is 0 Å². The molecule has 0 unspecified atom stereocenters. The minimum atomic E-state index is -3.69. The zero-order chi connectivity index (χ0) is 23.0. The van der Waals surface area contributed by atoms with E-state index in [0.717, 1.165) is 21.7 Å². The Balaban J connectivity index is 1.92.